The summed E-state index contributed by atoms with van der Waals surface area (Å²) in [6, 6.07) is 0.419. The molecule has 0 radical (unpaired) electrons. The van der Waals surface area contributed by atoms with Crippen LogP contribution in [0.15, 0.2) is 0 Å². The van der Waals surface area contributed by atoms with Crippen LogP contribution in [0.2, 0.25) is 0 Å². The second kappa shape index (κ2) is 7.22. The van der Waals surface area contributed by atoms with Crippen LogP contribution in [-0.2, 0) is 0 Å². The van der Waals surface area contributed by atoms with Gasteiger partial charge in [0.2, 0.25) is 0 Å². The maximum absolute atomic E-state index is 9.05. The van der Waals surface area contributed by atoms with Gasteiger partial charge in [0.25, 0.3) is 0 Å². The van der Waals surface area contributed by atoms with E-state index in [1.807, 2.05) is 0 Å². The van der Waals surface area contributed by atoms with E-state index in [-0.39, 0.29) is 18.2 Å². The van der Waals surface area contributed by atoms with Crippen molar-refractivity contribution in [2.75, 3.05) is 0 Å². The van der Waals surface area contributed by atoms with E-state index in [4.69, 9.17) is 21.7 Å². The Balaban J connectivity index is 0.000000160. The summed E-state index contributed by atoms with van der Waals surface area (Å²) in [5.74, 6) is 0. The van der Waals surface area contributed by atoms with Crippen LogP contribution in [0.5, 0.6) is 0 Å². The minimum absolute atomic E-state index is 0.0590. The molecule has 4 nitrogen and oxygen atoms in total. The van der Waals surface area contributed by atoms with E-state index >= 15 is 0 Å². The van der Waals surface area contributed by atoms with Crippen LogP contribution in [0.25, 0.3) is 0 Å². The van der Waals surface area contributed by atoms with Crippen molar-refractivity contribution in [1.29, 1.82) is 0 Å². The van der Waals surface area contributed by atoms with Crippen molar-refractivity contribution >= 4 is 0 Å². The van der Waals surface area contributed by atoms with E-state index in [2.05, 4.69) is 0 Å². The number of hydrogen-bond acceptors (Lipinski definition) is 4. The van der Waals surface area contributed by atoms with Crippen LogP contribution in [0.4, 0.5) is 0 Å². The molecule has 0 aromatic carbocycles. The Bertz CT molecular complexity index is 162. The summed E-state index contributed by atoms with van der Waals surface area (Å²) in [4.78, 5) is 0. The van der Waals surface area contributed by atoms with Crippen LogP contribution in [0.1, 0.15) is 51.4 Å². The molecular weight excluding hydrogens is 204 g/mol. The van der Waals surface area contributed by atoms with E-state index in [1.54, 1.807) is 0 Å². The Hall–Kier alpha value is -0.160. The Morgan fingerprint density at radius 2 is 1.31 bits per heavy atom. The van der Waals surface area contributed by atoms with Crippen LogP contribution in [0, 0.1) is 0 Å². The Morgan fingerprint density at radius 3 is 1.69 bits per heavy atom. The molecule has 0 amide bonds. The third kappa shape index (κ3) is 5.25. The molecule has 0 aromatic rings. The highest BCUT2D eigenvalue weighted by Crippen LogP contribution is 2.16. The topological polar surface area (TPSA) is 92.5 Å². The second-order valence-electron chi connectivity index (χ2n) is 5.08. The first-order chi connectivity index (χ1) is 7.59. The summed E-state index contributed by atoms with van der Waals surface area (Å²) in [6.07, 6.45) is 7.78. The summed E-state index contributed by atoms with van der Waals surface area (Å²) in [5, 5.41) is 18.0. The third-order valence-electron chi connectivity index (χ3n) is 3.52. The van der Waals surface area contributed by atoms with Crippen molar-refractivity contribution in [3.05, 3.63) is 0 Å². The van der Waals surface area contributed by atoms with Gasteiger partial charge in [-0.05, 0) is 38.5 Å². The number of hydrogen-bond donors (Lipinski definition) is 4. The molecule has 96 valence electrons. The monoisotopic (exact) mass is 230 g/mol. The third-order valence-corrected chi connectivity index (χ3v) is 3.52. The summed E-state index contributed by atoms with van der Waals surface area (Å²) in [6.45, 7) is 0. The van der Waals surface area contributed by atoms with Crippen LogP contribution in [-0.4, -0.2) is 34.5 Å². The van der Waals surface area contributed by atoms with Crippen molar-refractivity contribution in [3.8, 4) is 0 Å². The number of rotatable bonds is 0. The molecule has 2 fully saturated rings. The predicted octanol–water partition coefficient (Wildman–Crippen LogP) is 0.497. The lowest BCUT2D eigenvalue weighted by Crippen LogP contribution is -2.37. The SMILES string of the molecule is NC1CCC(O)CC1.NC1CCCCC1O. The number of aliphatic hydroxyl groups excluding tert-OH is 2. The van der Waals surface area contributed by atoms with E-state index < -0.39 is 0 Å². The molecule has 6 N–H and O–H groups in total. The highest BCUT2D eigenvalue weighted by molar-refractivity contribution is 4.76. The van der Waals surface area contributed by atoms with Gasteiger partial charge in [-0.1, -0.05) is 12.8 Å². The Labute approximate surface area is 98.0 Å². The van der Waals surface area contributed by atoms with Gasteiger partial charge in [0, 0.05) is 12.1 Å². The molecule has 0 aliphatic heterocycles. The van der Waals surface area contributed by atoms with Crippen LogP contribution >= 0.6 is 0 Å². The van der Waals surface area contributed by atoms with E-state index in [0.717, 1.165) is 44.9 Å². The molecule has 0 bridgehead atoms. The number of nitrogens with two attached hydrogens (primary N) is 2. The molecule has 2 rings (SSSR count). The summed E-state index contributed by atoms with van der Waals surface area (Å²) in [7, 11) is 0. The van der Waals surface area contributed by atoms with Gasteiger partial charge in [0.1, 0.15) is 0 Å². The van der Waals surface area contributed by atoms with Gasteiger partial charge in [-0.15, -0.1) is 0 Å². The van der Waals surface area contributed by atoms with Crippen molar-refractivity contribution in [3.63, 3.8) is 0 Å². The fourth-order valence-electron chi connectivity index (χ4n) is 2.24. The molecule has 0 saturated heterocycles. The first-order valence-corrected chi connectivity index (χ1v) is 6.47. The zero-order valence-electron chi connectivity index (χ0n) is 10.0. The maximum Gasteiger partial charge on any atom is 0.0691 e. The Morgan fingerprint density at radius 1 is 0.750 bits per heavy atom. The lowest BCUT2D eigenvalue weighted by molar-refractivity contribution is 0.108. The summed E-state index contributed by atoms with van der Waals surface area (Å²) >= 11 is 0. The standard InChI is InChI=1S/2C6H13NO/c7-5-1-3-6(8)4-2-5;7-5-3-1-2-4-6(5)8/h2*5-6,8H,1-4,7H2. The Kier molecular flexibility index (Phi) is 6.28. The van der Waals surface area contributed by atoms with Gasteiger partial charge in [0.15, 0.2) is 0 Å². The highest BCUT2D eigenvalue weighted by atomic mass is 16.3. The summed E-state index contributed by atoms with van der Waals surface area (Å²) in [5.41, 5.74) is 11.1. The molecule has 4 heteroatoms. The first-order valence-electron chi connectivity index (χ1n) is 6.47. The van der Waals surface area contributed by atoms with E-state index in [9.17, 15) is 0 Å². The summed E-state index contributed by atoms with van der Waals surface area (Å²) < 4.78 is 0. The second-order valence-corrected chi connectivity index (χ2v) is 5.08. The smallest absolute Gasteiger partial charge is 0.0691 e. The van der Waals surface area contributed by atoms with Crippen molar-refractivity contribution in [1.82, 2.24) is 0 Å². The quantitative estimate of drug-likeness (QED) is 0.487. The molecule has 0 aromatic heterocycles. The largest absolute Gasteiger partial charge is 0.393 e. The molecule has 2 saturated carbocycles. The van der Waals surface area contributed by atoms with Crippen molar-refractivity contribution < 1.29 is 10.2 Å². The zero-order chi connectivity index (χ0) is 12.0. The normalized spacial score (nSPS) is 39.8. The minimum Gasteiger partial charge on any atom is -0.393 e. The lowest BCUT2D eigenvalue weighted by Gasteiger charge is -2.23. The zero-order valence-corrected chi connectivity index (χ0v) is 10.0. The van der Waals surface area contributed by atoms with Crippen molar-refractivity contribution in [2.45, 2.75) is 75.7 Å². The molecule has 2 unspecified atom stereocenters. The van der Waals surface area contributed by atoms with E-state index in [1.165, 1.54) is 6.42 Å². The molecular formula is C12H26N2O2. The van der Waals surface area contributed by atoms with Gasteiger partial charge in [0.05, 0.1) is 12.2 Å². The van der Waals surface area contributed by atoms with Gasteiger partial charge in [-0.2, -0.15) is 0 Å². The molecule has 2 aliphatic rings. The molecule has 0 heterocycles. The average Bonchev–Trinajstić information content (AvgIpc) is 2.28. The minimum atomic E-state index is -0.219. The molecule has 2 aliphatic carbocycles. The maximum atomic E-state index is 9.05. The first kappa shape index (κ1) is 13.9. The van der Waals surface area contributed by atoms with Crippen LogP contribution < -0.4 is 11.5 Å². The highest BCUT2D eigenvalue weighted by Gasteiger charge is 2.18. The van der Waals surface area contributed by atoms with Gasteiger partial charge in [-0.3, -0.25) is 0 Å². The average molecular weight is 230 g/mol. The van der Waals surface area contributed by atoms with Gasteiger partial charge >= 0.3 is 0 Å². The predicted molar refractivity (Wildman–Crippen MR) is 64.9 cm³/mol. The van der Waals surface area contributed by atoms with E-state index in [0.29, 0.717) is 6.04 Å². The van der Waals surface area contributed by atoms with Crippen molar-refractivity contribution in [2.24, 2.45) is 11.5 Å². The fourth-order valence-corrected chi connectivity index (χ4v) is 2.24. The van der Waals surface area contributed by atoms with Crippen LogP contribution in [0.3, 0.4) is 0 Å². The molecule has 16 heavy (non-hydrogen) atoms. The van der Waals surface area contributed by atoms with Gasteiger partial charge < -0.3 is 21.7 Å². The number of aliphatic hydroxyl groups is 2. The lowest BCUT2D eigenvalue weighted by atomic mass is 9.94. The molecule has 2 atom stereocenters. The molecule has 0 spiro atoms. The van der Waals surface area contributed by atoms with Gasteiger partial charge in [-0.25, -0.2) is 0 Å². The fraction of sp³-hybridized carbons (Fsp3) is 1.00.